The Bertz CT molecular complexity index is 715. The normalized spacial score (nSPS) is 17.6. The maximum atomic E-state index is 12.4. The molecule has 1 saturated heterocycles. The van der Waals surface area contributed by atoms with Gasteiger partial charge in [0.2, 0.25) is 5.91 Å². The first-order chi connectivity index (χ1) is 11.7. The molecule has 1 saturated carbocycles. The van der Waals surface area contributed by atoms with E-state index in [1.165, 1.54) is 12.8 Å². The van der Waals surface area contributed by atoms with E-state index in [0.29, 0.717) is 25.0 Å². The van der Waals surface area contributed by atoms with Crippen molar-refractivity contribution in [1.82, 2.24) is 19.7 Å². The smallest absolute Gasteiger partial charge is 0.227 e. The van der Waals surface area contributed by atoms with E-state index in [0.717, 1.165) is 30.2 Å². The lowest BCUT2D eigenvalue weighted by atomic mass is 10.1. The molecule has 1 aliphatic carbocycles. The first-order valence-corrected chi connectivity index (χ1v) is 8.63. The molecular weight excluding hydrogens is 304 g/mol. The molecule has 1 aromatic carbocycles. The molecule has 6 heteroatoms. The van der Waals surface area contributed by atoms with Crippen LogP contribution in [-0.2, 0) is 11.2 Å². The summed E-state index contributed by atoms with van der Waals surface area (Å²) in [6.45, 7) is 4.13. The fourth-order valence-corrected chi connectivity index (χ4v) is 3.16. The van der Waals surface area contributed by atoms with E-state index < -0.39 is 0 Å². The van der Waals surface area contributed by atoms with Crippen molar-refractivity contribution in [2.45, 2.75) is 38.1 Å². The second-order valence-electron chi connectivity index (χ2n) is 6.58. The fraction of sp³-hybridized carbons (Fsp3) is 0.500. The molecule has 1 amide bonds. The molecule has 0 atom stereocenters. The Labute approximate surface area is 141 Å². The molecule has 1 aromatic heterocycles. The van der Waals surface area contributed by atoms with Crippen LogP contribution in [0.5, 0.6) is 5.75 Å². The van der Waals surface area contributed by atoms with Crippen molar-refractivity contribution in [3.8, 4) is 5.75 Å². The predicted molar refractivity (Wildman–Crippen MR) is 88.9 cm³/mol. The topological polar surface area (TPSA) is 60.2 Å². The Morgan fingerprint density at radius 3 is 2.67 bits per heavy atom. The molecule has 0 N–H and O–H groups in total. The lowest BCUT2D eigenvalue weighted by Gasteiger charge is -2.40. The number of benzene rings is 1. The third kappa shape index (κ3) is 3.00. The second kappa shape index (κ2) is 6.26. The zero-order valence-corrected chi connectivity index (χ0v) is 13.9. The maximum absolute atomic E-state index is 12.4. The molecule has 2 fully saturated rings. The minimum Gasteiger partial charge on any atom is -0.494 e. The quantitative estimate of drug-likeness (QED) is 0.816. The van der Waals surface area contributed by atoms with Crippen molar-refractivity contribution in [2.24, 2.45) is 0 Å². The van der Waals surface area contributed by atoms with Gasteiger partial charge in [-0.15, -0.1) is 10.2 Å². The highest BCUT2D eigenvalue weighted by molar-refractivity contribution is 5.79. The number of hydrogen-bond acceptors (Lipinski definition) is 4. The van der Waals surface area contributed by atoms with Crippen LogP contribution < -0.4 is 4.74 Å². The van der Waals surface area contributed by atoms with Crippen molar-refractivity contribution in [1.29, 1.82) is 0 Å². The molecule has 0 unspecified atom stereocenters. The van der Waals surface area contributed by atoms with Gasteiger partial charge in [0.1, 0.15) is 17.9 Å². The molecule has 0 spiro atoms. The van der Waals surface area contributed by atoms with Crippen LogP contribution in [0.3, 0.4) is 0 Å². The highest BCUT2D eigenvalue weighted by Crippen LogP contribution is 2.40. The number of carbonyl (C=O) groups is 1. The summed E-state index contributed by atoms with van der Waals surface area (Å²) in [5.41, 5.74) is 1.02. The van der Waals surface area contributed by atoms with Gasteiger partial charge in [-0.2, -0.15) is 0 Å². The molecule has 6 nitrogen and oxygen atoms in total. The molecular formula is C18H22N4O2. The van der Waals surface area contributed by atoms with Crippen LogP contribution in [0.15, 0.2) is 30.6 Å². The summed E-state index contributed by atoms with van der Waals surface area (Å²) in [5.74, 6) is 2.70. The zero-order valence-electron chi connectivity index (χ0n) is 13.9. The van der Waals surface area contributed by atoms with Gasteiger partial charge in [0, 0.05) is 19.0 Å². The van der Waals surface area contributed by atoms with E-state index in [1.807, 2.05) is 42.4 Å². The zero-order chi connectivity index (χ0) is 16.5. The van der Waals surface area contributed by atoms with Crippen molar-refractivity contribution in [3.05, 3.63) is 42.0 Å². The number of amides is 1. The third-order valence-electron chi connectivity index (χ3n) is 4.74. The lowest BCUT2D eigenvalue weighted by Crippen LogP contribution is -2.51. The largest absolute Gasteiger partial charge is 0.494 e. The number of carbonyl (C=O) groups excluding carboxylic acids is 1. The average Bonchev–Trinajstić information content (AvgIpc) is 3.27. The molecule has 0 radical (unpaired) electrons. The first kappa shape index (κ1) is 15.2. The number of nitrogens with zero attached hydrogens (tertiary/aromatic N) is 4. The van der Waals surface area contributed by atoms with Crippen LogP contribution in [0.4, 0.5) is 0 Å². The highest BCUT2D eigenvalue weighted by atomic mass is 16.5. The van der Waals surface area contributed by atoms with Gasteiger partial charge < -0.3 is 14.2 Å². The fourth-order valence-electron chi connectivity index (χ4n) is 3.16. The summed E-state index contributed by atoms with van der Waals surface area (Å²) in [4.78, 5) is 14.3. The highest BCUT2D eigenvalue weighted by Gasteiger charge is 2.36. The minimum absolute atomic E-state index is 0.177. The molecule has 2 heterocycles. The van der Waals surface area contributed by atoms with Crippen LogP contribution in [0, 0.1) is 0 Å². The van der Waals surface area contributed by atoms with Gasteiger partial charge in [-0.05, 0) is 37.5 Å². The van der Waals surface area contributed by atoms with E-state index >= 15 is 0 Å². The van der Waals surface area contributed by atoms with Crippen molar-refractivity contribution >= 4 is 5.91 Å². The average molecular weight is 326 g/mol. The summed E-state index contributed by atoms with van der Waals surface area (Å²) in [7, 11) is 0. The number of ether oxygens (including phenoxy) is 1. The summed E-state index contributed by atoms with van der Waals surface area (Å²) in [6, 6.07) is 8.10. The van der Waals surface area contributed by atoms with E-state index in [2.05, 4.69) is 14.8 Å². The Hall–Kier alpha value is -2.37. The summed E-state index contributed by atoms with van der Waals surface area (Å²) in [6.07, 6.45) is 4.68. The molecule has 126 valence electrons. The van der Waals surface area contributed by atoms with Gasteiger partial charge in [0.25, 0.3) is 0 Å². The summed E-state index contributed by atoms with van der Waals surface area (Å²) >= 11 is 0. The lowest BCUT2D eigenvalue weighted by molar-refractivity contribution is -0.136. The van der Waals surface area contributed by atoms with Crippen LogP contribution in [0.1, 0.15) is 43.1 Å². The van der Waals surface area contributed by atoms with E-state index in [1.54, 1.807) is 0 Å². The first-order valence-electron chi connectivity index (χ1n) is 8.63. The minimum atomic E-state index is 0.177. The maximum Gasteiger partial charge on any atom is 0.227 e. The molecule has 4 rings (SSSR count). The standard InChI is InChI=1S/C18H22N4O2/c1-2-24-16-7-3-13(4-8-16)9-17(23)21-10-15(11-21)22-12-19-20-18(22)14-5-6-14/h3-4,7-8,12,14-15H,2,5-6,9-11H2,1H3. The second-order valence-corrected chi connectivity index (χ2v) is 6.58. The molecule has 1 aliphatic heterocycles. The molecule has 0 bridgehead atoms. The van der Waals surface area contributed by atoms with Crippen LogP contribution >= 0.6 is 0 Å². The Morgan fingerprint density at radius 2 is 2.00 bits per heavy atom. The number of hydrogen-bond donors (Lipinski definition) is 0. The van der Waals surface area contributed by atoms with Gasteiger partial charge in [-0.1, -0.05) is 12.1 Å². The number of rotatable bonds is 6. The summed E-state index contributed by atoms with van der Waals surface area (Å²) < 4.78 is 7.59. The van der Waals surface area contributed by atoms with Gasteiger partial charge in [0.15, 0.2) is 0 Å². The Morgan fingerprint density at radius 1 is 1.25 bits per heavy atom. The predicted octanol–water partition coefficient (Wildman–Crippen LogP) is 2.18. The van der Waals surface area contributed by atoms with Gasteiger partial charge in [0.05, 0.1) is 19.1 Å². The number of aromatic nitrogens is 3. The number of likely N-dealkylation sites (tertiary alicyclic amines) is 1. The van der Waals surface area contributed by atoms with E-state index in [4.69, 9.17) is 4.74 Å². The van der Waals surface area contributed by atoms with Crippen LogP contribution in [-0.4, -0.2) is 45.3 Å². The molecule has 24 heavy (non-hydrogen) atoms. The van der Waals surface area contributed by atoms with Crippen LogP contribution in [0.25, 0.3) is 0 Å². The Balaban J connectivity index is 1.31. The monoisotopic (exact) mass is 326 g/mol. The van der Waals surface area contributed by atoms with Crippen molar-refractivity contribution in [3.63, 3.8) is 0 Å². The SMILES string of the molecule is CCOc1ccc(CC(=O)N2CC(n3cnnc3C3CC3)C2)cc1. The van der Waals surface area contributed by atoms with Gasteiger partial charge in [-0.25, -0.2) is 0 Å². The molecule has 2 aliphatic rings. The van der Waals surface area contributed by atoms with E-state index in [9.17, 15) is 4.79 Å². The summed E-state index contributed by atoms with van der Waals surface area (Å²) in [5, 5.41) is 8.28. The van der Waals surface area contributed by atoms with E-state index in [-0.39, 0.29) is 5.91 Å². The van der Waals surface area contributed by atoms with Crippen molar-refractivity contribution in [2.75, 3.05) is 19.7 Å². The Kier molecular flexibility index (Phi) is 3.96. The van der Waals surface area contributed by atoms with Gasteiger partial charge >= 0.3 is 0 Å². The van der Waals surface area contributed by atoms with Crippen molar-refractivity contribution < 1.29 is 9.53 Å². The van der Waals surface area contributed by atoms with Crippen LogP contribution in [0.2, 0.25) is 0 Å². The van der Waals surface area contributed by atoms with Gasteiger partial charge in [-0.3, -0.25) is 4.79 Å². The molecule has 2 aromatic rings. The third-order valence-corrected chi connectivity index (χ3v) is 4.74.